The molecule has 0 saturated carbocycles. The molecule has 1 aromatic rings. The van der Waals surface area contributed by atoms with Crippen molar-refractivity contribution in [1.29, 1.82) is 0 Å². The van der Waals surface area contributed by atoms with Crippen molar-refractivity contribution in [3.63, 3.8) is 0 Å². The largest absolute Gasteiger partial charge is 0.450 e. The molecule has 6 nitrogen and oxygen atoms in total. The SMILES string of the molecule is CCOC(=O)Nc1cccc2c1C1C=CC2C(NC(=O)OCC)C1. The van der Waals surface area contributed by atoms with E-state index in [9.17, 15) is 9.59 Å². The molecule has 4 rings (SSSR count). The number of benzene rings is 1. The van der Waals surface area contributed by atoms with Gasteiger partial charge in [-0.05, 0) is 37.5 Å². The molecule has 0 heterocycles. The third-order valence-corrected chi connectivity index (χ3v) is 4.45. The van der Waals surface area contributed by atoms with Gasteiger partial charge in [-0.3, -0.25) is 5.32 Å². The molecule has 0 saturated heterocycles. The molecule has 3 atom stereocenters. The van der Waals surface area contributed by atoms with Gasteiger partial charge in [0.2, 0.25) is 0 Å². The monoisotopic (exact) mass is 330 g/mol. The number of rotatable bonds is 4. The van der Waals surface area contributed by atoms with E-state index in [-0.39, 0.29) is 24.0 Å². The Kier molecular flexibility index (Phi) is 4.74. The van der Waals surface area contributed by atoms with Crippen LogP contribution in [0.4, 0.5) is 15.3 Å². The number of nitrogens with one attached hydrogen (secondary N) is 2. The van der Waals surface area contributed by atoms with Gasteiger partial charge in [0.05, 0.1) is 13.2 Å². The Bertz CT molecular complexity index is 671. The van der Waals surface area contributed by atoms with Gasteiger partial charge in [0.15, 0.2) is 0 Å². The summed E-state index contributed by atoms with van der Waals surface area (Å²) in [4.78, 5) is 23.5. The number of alkyl carbamates (subject to hydrolysis) is 1. The van der Waals surface area contributed by atoms with E-state index in [4.69, 9.17) is 9.47 Å². The first-order valence-corrected chi connectivity index (χ1v) is 8.32. The summed E-state index contributed by atoms with van der Waals surface area (Å²) in [5.41, 5.74) is 3.02. The second kappa shape index (κ2) is 6.95. The number of ether oxygens (including phenoxy) is 2. The number of fused-ring (bicyclic) bond motifs is 1. The second-order valence-electron chi connectivity index (χ2n) is 5.88. The van der Waals surface area contributed by atoms with Crippen LogP contribution in [0.3, 0.4) is 0 Å². The number of carbonyl (C=O) groups is 2. The molecule has 2 amide bonds. The molecule has 0 spiro atoms. The van der Waals surface area contributed by atoms with Crippen molar-refractivity contribution in [2.45, 2.75) is 38.1 Å². The third kappa shape index (κ3) is 3.09. The van der Waals surface area contributed by atoms with Crippen molar-refractivity contribution in [3.8, 4) is 0 Å². The lowest BCUT2D eigenvalue weighted by Gasteiger charge is -2.40. The molecule has 0 fully saturated rings. The average molecular weight is 330 g/mol. The molecular weight excluding hydrogens is 308 g/mol. The van der Waals surface area contributed by atoms with Gasteiger partial charge in [0.25, 0.3) is 0 Å². The molecule has 3 aliphatic rings. The zero-order chi connectivity index (χ0) is 17.1. The Morgan fingerprint density at radius 2 is 1.88 bits per heavy atom. The topological polar surface area (TPSA) is 76.7 Å². The molecule has 1 aromatic carbocycles. The molecule has 3 aliphatic carbocycles. The van der Waals surface area contributed by atoms with Crippen LogP contribution >= 0.6 is 0 Å². The number of hydrogen-bond acceptors (Lipinski definition) is 4. The van der Waals surface area contributed by atoms with Crippen LogP contribution in [0.2, 0.25) is 0 Å². The summed E-state index contributed by atoms with van der Waals surface area (Å²) in [5, 5.41) is 5.77. The van der Waals surface area contributed by atoms with Crippen LogP contribution in [0, 0.1) is 0 Å². The minimum Gasteiger partial charge on any atom is -0.450 e. The number of anilines is 1. The van der Waals surface area contributed by atoms with Crippen molar-refractivity contribution in [2.75, 3.05) is 18.5 Å². The third-order valence-electron chi connectivity index (χ3n) is 4.45. The Labute approximate surface area is 141 Å². The lowest BCUT2D eigenvalue weighted by molar-refractivity contribution is 0.145. The van der Waals surface area contributed by atoms with Crippen LogP contribution in [-0.2, 0) is 9.47 Å². The predicted octanol–water partition coefficient (Wildman–Crippen LogP) is 3.51. The zero-order valence-corrected chi connectivity index (χ0v) is 13.9. The molecule has 24 heavy (non-hydrogen) atoms. The lowest BCUT2D eigenvalue weighted by atomic mass is 9.68. The number of allylic oxidation sites excluding steroid dienone is 1. The minimum atomic E-state index is -0.447. The van der Waals surface area contributed by atoms with E-state index in [1.807, 2.05) is 18.2 Å². The summed E-state index contributed by atoms with van der Waals surface area (Å²) in [5.74, 6) is 0.230. The fourth-order valence-corrected chi connectivity index (χ4v) is 3.57. The van der Waals surface area contributed by atoms with E-state index in [0.717, 1.165) is 23.2 Å². The van der Waals surface area contributed by atoms with Crippen molar-refractivity contribution < 1.29 is 19.1 Å². The first-order chi connectivity index (χ1) is 11.6. The van der Waals surface area contributed by atoms with Gasteiger partial charge in [-0.1, -0.05) is 24.3 Å². The van der Waals surface area contributed by atoms with Crippen LogP contribution in [0.5, 0.6) is 0 Å². The molecule has 0 aliphatic heterocycles. The maximum Gasteiger partial charge on any atom is 0.411 e. The Morgan fingerprint density at radius 3 is 2.62 bits per heavy atom. The van der Waals surface area contributed by atoms with Gasteiger partial charge in [0, 0.05) is 23.6 Å². The fourth-order valence-electron chi connectivity index (χ4n) is 3.57. The standard InChI is InChI=1S/C18H22N2O4/c1-3-23-17(21)19-14-7-5-6-13-12-9-8-11(16(13)14)10-15(12)20-18(22)24-4-2/h5-9,11-12,15H,3-4,10H2,1-2H3,(H,19,21)(H,20,22). The average Bonchev–Trinajstić information content (AvgIpc) is 2.56. The van der Waals surface area contributed by atoms with Crippen LogP contribution in [0.1, 0.15) is 43.2 Å². The molecule has 128 valence electrons. The lowest BCUT2D eigenvalue weighted by Crippen LogP contribution is -2.44. The predicted molar refractivity (Wildman–Crippen MR) is 90.3 cm³/mol. The molecule has 0 radical (unpaired) electrons. The van der Waals surface area contributed by atoms with Crippen molar-refractivity contribution in [2.24, 2.45) is 0 Å². The highest BCUT2D eigenvalue weighted by Crippen LogP contribution is 2.48. The van der Waals surface area contributed by atoms with E-state index in [1.54, 1.807) is 13.8 Å². The molecule has 2 N–H and O–H groups in total. The molecule has 0 aromatic heterocycles. The molecule has 2 bridgehead atoms. The Morgan fingerprint density at radius 1 is 1.12 bits per heavy atom. The van der Waals surface area contributed by atoms with E-state index < -0.39 is 6.09 Å². The van der Waals surface area contributed by atoms with Crippen LogP contribution in [0.25, 0.3) is 0 Å². The smallest absolute Gasteiger partial charge is 0.411 e. The van der Waals surface area contributed by atoms with Crippen LogP contribution in [0.15, 0.2) is 30.4 Å². The number of amides is 2. The van der Waals surface area contributed by atoms with Crippen molar-refractivity contribution in [1.82, 2.24) is 5.32 Å². The quantitative estimate of drug-likeness (QED) is 0.828. The first kappa shape index (κ1) is 16.4. The van der Waals surface area contributed by atoms with Crippen molar-refractivity contribution in [3.05, 3.63) is 41.5 Å². The fraction of sp³-hybridized carbons (Fsp3) is 0.444. The van der Waals surface area contributed by atoms with E-state index >= 15 is 0 Å². The summed E-state index contributed by atoms with van der Waals surface area (Å²) in [7, 11) is 0. The van der Waals surface area contributed by atoms with E-state index in [0.29, 0.717) is 13.2 Å². The highest BCUT2D eigenvalue weighted by atomic mass is 16.6. The zero-order valence-electron chi connectivity index (χ0n) is 13.9. The van der Waals surface area contributed by atoms with Gasteiger partial charge in [-0.25, -0.2) is 9.59 Å². The normalized spacial score (nSPS) is 23.3. The maximum absolute atomic E-state index is 11.8. The summed E-state index contributed by atoms with van der Waals surface area (Å²) in [6, 6.07) is 5.85. The Hall–Kier alpha value is -2.50. The van der Waals surface area contributed by atoms with Gasteiger partial charge >= 0.3 is 12.2 Å². The summed E-state index contributed by atoms with van der Waals surface area (Å²) >= 11 is 0. The van der Waals surface area contributed by atoms with Gasteiger partial charge < -0.3 is 14.8 Å². The van der Waals surface area contributed by atoms with Gasteiger partial charge in [0.1, 0.15) is 0 Å². The Balaban J connectivity index is 1.83. The second-order valence-corrected chi connectivity index (χ2v) is 5.88. The van der Waals surface area contributed by atoms with Crippen LogP contribution < -0.4 is 10.6 Å². The van der Waals surface area contributed by atoms with E-state index in [2.05, 4.69) is 22.8 Å². The van der Waals surface area contributed by atoms with Gasteiger partial charge in [-0.2, -0.15) is 0 Å². The molecular formula is C18H22N2O4. The maximum atomic E-state index is 11.8. The summed E-state index contributed by atoms with van der Waals surface area (Å²) in [6.07, 6.45) is 4.23. The minimum absolute atomic E-state index is 0.00407. The van der Waals surface area contributed by atoms with Crippen LogP contribution in [-0.4, -0.2) is 31.4 Å². The summed E-state index contributed by atoms with van der Waals surface area (Å²) < 4.78 is 9.97. The molecule has 3 unspecified atom stereocenters. The van der Waals surface area contributed by atoms with Gasteiger partial charge in [-0.15, -0.1) is 0 Å². The van der Waals surface area contributed by atoms with Crippen molar-refractivity contribution >= 4 is 17.9 Å². The first-order valence-electron chi connectivity index (χ1n) is 8.32. The number of hydrogen-bond donors (Lipinski definition) is 2. The summed E-state index contributed by atoms with van der Waals surface area (Å²) in [6.45, 7) is 4.25. The highest BCUT2D eigenvalue weighted by Gasteiger charge is 2.38. The molecule has 6 heteroatoms. The number of carbonyl (C=O) groups excluding carboxylic acids is 2. The highest BCUT2D eigenvalue weighted by molar-refractivity contribution is 5.86. The van der Waals surface area contributed by atoms with E-state index in [1.165, 1.54) is 0 Å².